The molecule has 7 N–H and O–H groups in total. The third kappa shape index (κ3) is 11.0. The normalized spacial score (nSPS) is 12.3. The van der Waals surface area contributed by atoms with Crippen LogP contribution in [-0.2, 0) is 20.8 Å². The van der Waals surface area contributed by atoms with E-state index in [0.29, 0.717) is 6.42 Å². The predicted octanol–water partition coefficient (Wildman–Crippen LogP) is 0.0761. The number of amides is 2. The van der Waals surface area contributed by atoms with Crippen LogP contribution in [-0.4, -0.2) is 52.1 Å². The summed E-state index contributed by atoms with van der Waals surface area (Å²) in [5.74, 6) is -0.863. The van der Waals surface area contributed by atoms with Gasteiger partial charge in [0.05, 0.1) is 6.04 Å². The molecule has 2 atom stereocenters. The highest BCUT2D eigenvalue weighted by Crippen LogP contribution is 2.11. The average Bonchev–Trinajstić information content (AvgIpc) is 2.54. The molecule has 0 aliphatic rings. The van der Waals surface area contributed by atoms with Gasteiger partial charge in [-0.2, -0.15) is 11.8 Å². The minimum absolute atomic E-state index is 0.121. The molecule has 0 aromatic heterocycles. The molecule has 1 aromatic carbocycles. The first-order chi connectivity index (χ1) is 11.7. The molecule has 0 unspecified atom stereocenters. The van der Waals surface area contributed by atoms with E-state index in [1.54, 1.807) is 23.9 Å². The topological polar surface area (TPSA) is 156 Å². The minimum Gasteiger partial charge on any atom is -0.508 e. The summed E-state index contributed by atoms with van der Waals surface area (Å²) in [7, 11) is 0. The van der Waals surface area contributed by atoms with Crippen molar-refractivity contribution >= 4 is 29.5 Å². The Hall–Kier alpha value is -2.26. The number of hydrogen-bond donors (Lipinski definition) is 5. The molecule has 9 heteroatoms. The summed E-state index contributed by atoms with van der Waals surface area (Å²) in [6.07, 6.45) is 2.83. The van der Waals surface area contributed by atoms with Gasteiger partial charge in [-0.05, 0) is 36.1 Å². The number of primary amides is 1. The number of nitrogens with one attached hydrogen (secondary N) is 1. The first kappa shape index (κ1) is 22.7. The molecule has 1 aromatic rings. The molecule has 1 rings (SSSR count). The predicted molar refractivity (Wildman–Crippen MR) is 97.2 cm³/mol. The third-order valence-electron chi connectivity index (χ3n) is 3.05. The molecule has 0 heterocycles. The lowest BCUT2D eigenvalue weighted by Crippen LogP contribution is -2.41. The van der Waals surface area contributed by atoms with Crippen LogP contribution in [0.25, 0.3) is 0 Å². The molecule has 0 aliphatic heterocycles. The Morgan fingerprint density at radius 2 is 1.80 bits per heavy atom. The van der Waals surface area contributed by atoms with Gasteiger partial charge in [0, 0.05) is 13.3 Å². The van der Waals surface area contributed by atoms with Crippen molar-refractivity contribution in [2.24, 2.45) is 11.5 Å². The Kier molecular flexibility index (Phi) is 11.1. The van der Waals surface area contributed by atoms with Crippen LogP contribution in [0.5, 0.6) is 5.75 Å². The summed E-state index contributed by atoms with van der Waals surface area (Å²) in [6, 6.07) is 4.78. The largest absolute Gasteiger partial charge is 0.508 e. The summed E-state index contributed by atoms with van der Waals surface area (Å²) in [6.45, 7) is 1.27. The van der Waals surface area contributed by atoms with Gasteiger partial charge in [-0.25, -0.2) is 4.79 Å². The van der Waals surface area contributed by atoms with Crippen molar-refractivity contribution in [2.45, 2.75) is 31.8 Å². The quantitative estimate of drug-likeness (QED) is 0.433. The van der Waals surface area contributed by atoms with Crippen molar-refractivity contribution in [1.82, 2.24) is 5.32 Å². The summed E-state index contributed by atoms with van der Waals surface area (Å²) in [5, 5.41) is 20.3. The number of rotatable bonds is 8. The van der Waals surface area contributed by atoms with E-state index in [1.165, 1.54) is 19.1 Å². The van der Waals surface area contributed by atoms with E-state index in [-0.39, 0.29) is 18.1 Å². The zero-order valence-corrected chi connectivity index (χ0v) is 15.1. The zero-order valence-electron chi connectivity index (χ0n) is 14.3. The van der Waals surface area contributed by atoms with Gasteiger partial charge in [0.25, 0.3) is 0 Å². The van der Waals surface area contributed by atoms with Crippen LogP contribution in [0.3, 0.4) is 0 Å². The molecule has 0 saturated carbocycles. The van der Waals surface area contributed by atoms with Crippen molar-refractivity contribution in [3.63, 3.8) is 0 Å². The van der Waals surface area contributed by atoms with Crippen LogP contribution in [0.2, 0.25) is 0 Å². The van der Waals surface area contributed by atoms with Crippen LogP contribution in [0, 0.1) is 0 Å². The first-order valence-electron chi connectivity index (χ1n) is 7.49. The lowest BCUT2D eigenvalue weighted by atomic mass is 10.1. The average molecular weight is 371 g/mol. The van der Waals surface area contributed by atoms with Crippen molar-refractivity contribution < 1.29 is 24.6 Å². The number of benzene rings is 1. The number of carboxylic acids is 1. The molecule has 25 heavy (non-hydrogen) atoms. The van der Waals surface area contributed by atoms with Crippen LogP contribution in [0.1, 0.15) is 18.9 Å². The van der Waals surface area contributed by atoms with E-state index in [2.05, 4.69) is 5.32 Å². The van der Waals surface area contributed by atoms with Crippen molar-refractivity contribution in [3.8, 4) is 5.75 Å². The van der Waals surface area contributed by atoms with E-state index < -0.39 is 24.0 Å². The molecule has 0 saturated heterocycles. The summed E-state index contributed by atoms with van der Waals surface area (Å²) >= 11 is 1.66. The molecule has 0 radical (unpaired) electrons. The van der Waals surface area contributed by atoms with E-state index in [9.17, 15) is 14.4 Å². The SMILES string of the molecule is CC(=O)N[C@@H](Cc1ccc(O)cc1)C(=O)O.CSCC[C@H](N)C(N)=O. The highest BCUT2D eigenvalue weighted by atomic mass is 32.2. The van der Waals surface area contributed by atoms with Crippen LogP contribution in [0.4, 0.5) is 0 Å². The fourth-order valence-electron chi connectivity index (χ4n) is 1.70. The number of aromatic hydroxyl groups is 1. The molecule has 2 amide bonds. The van der Waals surface area contributed by atoms with Gasteiger partial charge < -0.3 is 27.0 Å². The van der Waals surface area contributed by atoms with Crippen LogP contribution < -0.4 is 16.8 Å². The van der Waals surface area contributed by atoms with E-state index >= 15 is 0 Å². The molecule has 0 spiro atoms. The van der Waals surface area contributed by atoms with Crippen LogP contribution in [0.15, 0.2) is 24.3 Å². The lowest BCUT2D eigenvalue weighted by Gasteiger charge is -2.13. The molecule has 8 nitrogen and oxygen atoms in total. The Labute approximate surface area is 151 Å². The smallest absolute Gasteiger partial charge is 0.326 e. The van der Waals surface area contributed by atoms with Gasteiger partial charge in [-0.1, -0.05) is 12.1 Å². The highest BCUT2D eigenvalue weighted by Gasteiger charge is 2.18. The second-order valence-corrected chi connectivity index (χ2v) is 6.24. The van der Waals surface area contributed by atoms with Gasteiger partial charge >= 0.3 is 5.97 Å². The number of carboxylic acid groups (broad SMARTS) is 1. The van der Waals surface area contributed by atoms with Gasteiger partial charge in [0.1, 0.15) is 11.8 Å². The fourth-order valence-corrected chi connectivity index (χ4v) is 2.19. The number of carbonyl (C=O) groups is 3. The van der Waals surface area contributed by atoms with Crippen LogP contribution >= 0.6 is 11.8 Å². The number of phenolic OH excluding ortho intramolecular Hbond substituents is 1. The maximum absolute atomic E-state index is 10.8. The summed E-state index contributed by atoms with van der Waals surface area (Å²) < 4.78 is 0. The monoisotopic (exact) mass is 371 g/mol. The van der Waals surface area contributed by atoms with Crippen molar-refractivity contribution in [2.75, 3.05) is 12.0 Å². The van der Waals surface area contributed by atoms with Gasteiger partial charge in [-0.15, -0.1) is 0 Å². The van der Waals surface area contributed by atoms with Gasteiger partial charge in [0.15, 0.2) is 0 Å². The number of nitrogens with two attached hydrogens (primary N) is 2. The Balaban J connectivity index is 0.000000547. The Morgan fingerprint density at radius 3 is 2.20 bits per heavy atom. The molecule has 140 valence electrons. The summed E-state index contributed by atoms with van der Waals surface area (Å²) in [5.41, 5.74) is 11.0. The second kappa shape index (κ2) is 12.2. The van der Waals surface area contributed by atoms with E-state index in [4.69, 9.17) is 21.7 Å². The fraction of sp³-hybridized carbons (Fsp3) is 0.438. The molecular formula is C16H25N3O5S. The maximum atomic E-state index is 10.8. The molecular weight excluding hydrogens is 346 g/mol. The number of hydrogen-bond acceptors (Lipinski definition) is 6. The third-order valence-corrected chi connectivity index (χ3v) is 3.69. The molecule has 0 fully saturated rings. The van der Waals surface area contributed by atoms with Gasteiger partial charge in [-0.3, -0.25) is 9.59 Å². The van der Waals surface area contributed by atoms with Crippen molar-refractivity contribution in [1.29, 1.82) is 0 Å². The highest BCUT2D eigenvalue weighted by molar-refractivity contribution is 7.98. The number of phenols is 1. The number of thioether (sulfide) groups is 1. The minimum atomic E-state index is -1.08. The standard InChI is InChI=1S/C11H13NO4.C5H12N2OS/c1-7(13)12-10(11(15)16)6-8-2-4-9(14)5-3-8;1-9-3-2-4(6)5(7)8/h2-5,10,14H,6H2,1H3,(H,12,13)(H,15,16);4H,2-3,6H2,1H3,(H2,7,8)/t10-;4-/m00/s1. The first-order valence-corrected chi connectivity index (χ1v) is 8.88. The van der Waals surface area contributed by atoms with E-state index in [1.807, 2.05) is 6.26 Å². The van der Waals surface area contributed by atoms with E-state index in [0.717, 1.165) is 11.3 Å². The zero-order chi connectivity index (χ0) is 19.4. The van der Waals surface area contributed by atoms with Gasteiger partial charge in [0.2, 0.25) is 11.8 Å². The van der Waals surface area contributed by atoms with Crippen molar-refractivity contribution in [3.05, 3.63) is 29.8 Å². The molecule has 0 aliphatic carbocycles. The lowest BCUT2D eigenvalue weighted by molar-refractivity contribution is -0.141. The molecule has 0 bridgehead atoms. The maximum Gasteiger partial charge on any atom is 0.326 e. The summed E-state index contributed by atoms with van der Waals surface area (Å²) in [4.78, 5) is 31.9. The number of aliphatic carboxylic acids is 1. The Bertz CT molecular complexity index is 565. The second-order valence-electron chi connectivity index (χ2n) is 5.25. The number of carbonyl (C=O) groups excluding carboxylic acids is 2. The Morgan fingerprint density at radius 1 is 1.24 bits per heavy atom.